The summed E-state index contributed by atoms with van der Waals surface area (Å²) < 4.78 is 18.5. The summed E-state index contributed by atoms with van der Waals surface area (Å²) in [5, 5.41) is 0. The topological polar surface area (TPSA) is 48.0 Å². The summed E-state index contributed by atoms with van der Waals surface area (Å²) >= 11 is 1.04. The molecular weight excluding hydrogens is 470 g/mol. The van der Waals surface area contributed by atoms with E-state index in [2.05, 4.69) is 6.92 Å². The molecule has 1 aliphatic rings. The van der Waals surface area contributed by atoms with Crippen molar-refractivity contribution in [3.8, 4) is 11.5 Å². The van der Waals surface area contributed by atoms with Crippen molar-refractivity contribution >= 4 is 18.3 Å². The van der Waals surface area contributed by atoms with Gasteiger partial charge in [-0.05, 0) is 26.3 Å². The lowest BCUT2D eigenvalue weighted by molar-refractivity contribution is 0.131. The average molecular weight is 522 g/mol. The lowest BCUT2D eigenvalue weighted by Gasteiger charge is -2.19. The fraction of sp³-hybridized carbons (Fsp3) is 0.767. The number of hydrogen-bond donors (Lipinski definition) is 0. The molecule has 0 spiro atoms. The first-order valence-electron chi connectivity index (χ1n) is 14.5. The van der Waals surface area contributed by atoms with Crippen LogP contribution in [0.2, 0.25) is 0 Å². The van der Waals surface area contributed by atoms with Crippen molar-refractivity contribution in [1.82, 2.24) is 4.31 Å². The number of carbonyl (C=O) groups is 1. The lowest BCUT2D eigenvalue weighted by Crippen LogP contribution is -2.26. The summed E-state index contributed by atoms with van der Waals surface area (Å²) in [7, 11) is 1.66. The molecule has 0 atom stereocenters. The second kappa shape index (κ2) is 18.0. The van der Waals surface area contributed by atoms with Crippen molar-refractivity contribution in [1.29, 1.82) is 0 Å². The fourth-order valence-electron chi connectivity index (χ4n) is 4.68. The van der Waals surface area contributed by atoms with Crippen molar-refractivity contribution in [2.24, 2.45) is 0 Å². The Bertz CT molecular complexity index is 740. The maximum absolute atomic E-state index is 12.4. The molecule has 0 fully saturated rings. The third-order valence-corrected chi connectivity index (χ3v) is 7.40. The van der Waals surface area contributed by atoms with E-state index in [9.17, 15) is 4.79 Å². The molecule has 1 aliphatic heterocycles. The molecule has 1 aromatic rings. The largest absolute Gasteiger partial charge is 0.483 e. The highest BCUT2D eigenvalue weighted by Crippen LogP contribution is 2.42. The number of carbonyl (C=O) groups excluding carboxylic acids is 1. The van der Waals surface area contributed by atoms with E-state index in [0.29, 0.717) is 18.1 Å². The van der Waals surface area contributed by atoms with E-state index in [4.69, 9.17) is 13.7 Å². The van der Waals surface area contributed by atoms with Crippen LogP contribution in [0.1, 0.15) is 129 Å². The van der Waals surface area contributed by atoms with Crippen LogP contribution in [0.15, 0.2) is 18.2 Å². The molecule has 0 bridgehead atoms. The average Bonchev–Trinajstić information content (AvgIpc) is 3.18. The predicted octanol–water partition coefficient (Wildman–Crippen LogP) is 9.67. The van der Waals surface area contributed by atoms with Crippen LogP contribution in [0.5, 0.6) is 11.5 Å². The third-order valence-electron chi connectivity index (χ3n) is 6.76. The molecule has 0 N–H and O–H groups in total. The quantitative estimate of drug-likeness (QED) is 0.0971. The van der Waals surface area contributed by atoms with Gasteiger partial charge in [0.1, 0.15) is 17.8 Å². The minimum absolute atomic E-state index is 0.276. The Hall–Kier alpha value is -1.40. The molecule has 1 aromatic carbocycles. The maximum atomic E-state index is 12.4. The number of ether oxygens (including phenoxy) is 2. The van der Waals surface area contributed by atoms with Gasteiger partial charge in [0.05, 0.1) is 6.61 Å². The third kappa shape index (κ3) is 12.7. The van der Waals surface area contributed by atoms with E-state index in [1.807, 2.05) is 26.0 Å². The molecule has 0 aromatic heterocycles. The number of fused-ring (bicyclic) bond motifs is 1. The molecule has 2 rings (SSSR count). The minimum Gasteiger partial charge on any atom is -0.483 e. The first-order valence-corrected chi connectivity index (χ1v) is 15.2. The Morgan fingerprint density at radius 1 is 0.889 bits per heavy atom. The second-order valence-electron chi connectivity index (χ2n) is 10.8. The SMILES string of the molecule is CCCCCCCCCCCCCCCCCCOSN(C)C(=O)Oc1cccc2c1OC(C)(C)C2. The van der Waals surface area contributed by atoms with Crippen LogP contribution >= 0.6 is 12.2 Å². The van der Waals surface area contributed by atoms with E-state index in [-0.39, 0.29) is 5.60 Å². The highest BCUT2D eigenvalue weighted by molar-refractivity contribution is 7.92. The van der Waals surface area contributed by atoms with Crippen molar-refractivity contribution in [2.45, 2.75) is 136 Å². The molecule has 1 amide bonds. The van der Waals surface area contributed by atoms with E-state index >= 15 is 0 Å². The van der Waals surface area contributed by atoms with Crippen LogP contribution in [-0.2, 0) is 10.6 Å². The van der Waals surface area contributed by atoms with E-state index in [0.717, 1.165) is 30.6 Å². The molecule has 0 saturated heterocycles. The fourth-order valence-corrected chi connectivity index (χ4v) is 5.13. The summed E-state index contributed by atoms with van der Waals surface area (Å²) in [5.41, 5.74) is 0.794. The summed E-state index contributed by atoms with van der Waals surface area (Å²) in [6.07, 6.45) is 22.0. The second-order valence-corrected chi connectivity index (χ2v) is 11.8. The van der Waals surface area contributed by atoms with Crippen molar-refractivity contribution in [3.63, 3.8) is 0 Å². The van der Waals surface area contributed by atoms with Gasteiger partial charge in [-0.2, -0.15) is 0 Å². The minimum atomic E-state index is -0.464. The van der Waals surface area contributed by atoms with Gasteiger partial charge in [-0.1, -0.05) is 115 Å². The van der Waals surface area contributed by atoms with Gasteiger partial charge in [0.2, 0.25) is 0 Å². The molecule has 0 saturated carbocycles. The number of para-hydroxylation sites is 1. The molecular formula is C30H51NO4S. The zero-order valence-corrected chi connectivity index (χ0v) is 24.3. The van der Waals surface area contributed by atoms with Crippen LogP contribution < -0.4 is 9.47 Å². The van der Waals surface area contributed by atoms with E-state index in [1.165, 1.54) is 101 Å². The van der Waals surface area contributed by atoms with Crippen LogP contribution in [0.3, 0.4) is 0 Å². The van der Waals surface area contributed by atoms with Gasteiger partial charge in [-0.3, -0.25) is 4.18 Å². The van der Waals surface area contributed by atoms with E-state index < -0.39 is 6.09 Å². The van der Waals surface area contributed by atoms with Gasteiger partial charge in [-0.15, -0.1) is 0 Å². The molecule has 36 heavy (non-hydrogen) atoms. The molecule has 1 heterocycles. The maximum Gasteiger partial charge on any atom is 0.426 e. The summed E-state index contributed by atoms with van der Waals surface area (Å²) in [6.45, 7) is 6.99. The number of amides is 1. The zero-order valence-electron chi connectivity index (χ0n) is 23.4. The van der Waals surface area contributed by atoms with Gasteiger partial charge in [-0.25, -0.2) is 9.10 Å². The Morgan fingerprint density at radius 2 is 1.42 bits per heavy atom. The predicted molar refractivity (Wildman–Crippen MR) is 152 cm³/mol. The Labute approximate surface area is 225 Å². The Morgan fingerprint density at radius 3 is 1.97 bits per heavy atom. The van der Waals surface area contributed by atoms with Gasteiger partial charge in [0.25, 0.3) is 0 Å². The smallest absolute Gasteiger partial charge is 0.426 e. The van der Waals surface area contributed by atoms with Gasteiger partial charge < -0.3 is 9.47 Å². The number of unbranched alkanes of at least 4 members (excludes halogenated alkanes) is 15. The molecule has 0 aliphatic carbocycles. The van der Waals surface area contributed by atoms with E-state index in [1.54, 1.807) is 13.1 Å². The Balaban J connectivity index is 1.39. The highest BCUT2D eigenvalue weighted by Gasteiger charge is 2.33. The number of nitrogens with zero attached hydrogens (tertiary/aromatic N) is 1. The molecule has 0 unspecified atom stereocenters. The number of rotatable bonds is 20. The molecule has 6 heteroatoms. The lowest BCUT2D eigenvalue weighted by atomic mass is 10.0. The van der Waals surface area contributed by atoms with Gasteiger partial charge in [0.15, 0.2) is 11.5 Å². The molecule has 0 radical (unpaired) electrons. The summed E-state index contributed by atoms with van der Waals surface area (Å²) in [4.78, 5) is 12.4. The first kappa shape index (κ1) is 30.8. The van der Waals surface area contributed by atoms with Gasteiger partial charge in [0, 0.05) is 19.0 Å². The standard InChI is InChI=1S/C30H51NO4S/c1-5-6-7-8-9-10-11-12-13-14-15-16-17-18-19-20-24-33-36-31(4)29(32)34-27-23-21-22-26-25-30(2,3)35-28(26)27/h21-23H,5-20,24-25H2,1-4H3. The van der Waals surface area contributed by atoms with Crippen molar-refractivity contribution in [2.75, 3.05) is 13.7 Å². The zero-order chi connectivity index (χ0) is 26.1. The molecule has 5 nitrogen and oxygen atoms in total. The van der Waals surface area contributed by atoms with Crippen LogP contribution in [-0.4, -0.2) is 29.7 Å². The number of benzene rings is 1. The van der Waals surface area contributed by atoms with Gasteiger partial charge >= 0.3 is 6.09 Å². The summed E-state index contributed by atoms with van der Waals surface area (Å²) in [6, 6.07) is 5.68. The Kier molecular flexibility index (Phi) is 15.4. The van der Waals surface area contributed by atoms with Crippen molar-refractivity contribution < 1.29 is 18.5 Å². The molecule has 206 valence electrons. The first-order chi connectivity index (χ1) is 17.4. The summed E-state index contributed by atoms with van der Waals surface area (Å²) in [5.74, 6) is 1.14. The number of hydrogen-bond acceptors (Lipinski definition) is 5. The normalized spacial score (nSPS) is 13.9. The monoisotopic (exact) mass is 521 g/mol. The van der Waals surface area contributed by atoms with Crippen LogP contribution in [0.4, 0.5) is 4.79 Å². The highest BCUT2D eigenvalue weighted by atomic mass is 32.2. The van der Waals surface area contributed by atoms with Crippen LogP contribution in [0, 0.1) is 0 Å². The van der Waals surface area contributed by atoms with Crippen LogP contribution in [0.25, 0.3) is 0 Å². The van der Waals surface area contributed by atoms with Crippen molar-refractivity contribution in [3.05, 3.63) is 23.8 Å².